The lowest BCUT2D eigenvalue weighted by molar-refractivity contribution is 0.593. The highest BCUT2D eigenvalue weighted by Gasteiger charge is 2.19. The smallest absolute Gasteiger partial charge is 0.168 e. The van der Waals surface area contributed by atoms with Gasteiger partial charge in [0.25, 0.3) is 0 Å². The van der Waals surface area contributed by atoms with Gasteiger partial charge in [0.05, 0.1) is 6.26 Å². The van der Waals surface area contributed by atoms with Crippen LogP contribution in [-0.2, 0) is 6.42 Å². The van der Waals surface area contributed by atoms with Crippen LogP contribution in [0, 0.1) is 11.7 Å². The van der Waals surface area contributed by atoms with Gasteiger partial charge in [0, 0.05) is 27.6 Å². The monoisotopic (exact) mass is 335 g/mol. The number of benzene rings is 1. The molecule has 5 heteroatoms. The Morgan fingerprint density at radius 2 is 2.09 bits per heavy atom. The fourth-order valence-corrected chi connectivity index (χ4v) is 3.07. The Morgan fingerprint density at radius 1 is 1.32 bits per heavy atom. The zero-order valence-electron chi connectivity index (χ0n) is 12.2. The topological polar surface area (TPSA) is 26.0 Å². The molecule has 0 atom stereocenters. The number of halogens is 2. The van der Waals surface area contributed by atoms with Crippen molar-refractivity contribution in [2.24, 2.45) is 5.92 Å². The lowest BCUT2D eigenvalue weighted by atomic mass is 9.99. The molecule has 0 saturated carbocycles. The van der Waals surface area contributed by atoms with E-state index in [0.717, 1.165) is 17.4 Å². The number of pyridine rings is 1. The van der Waals surface area contributed by atoms with Crippen molar-refractivity contribution in [2.45, 2.75) is 25.2 Å². The molecule has 3 aromatic rings. The number of furan rings is 1. The number of fused-ring (bicyclic) bond motifs is 1. The number of nitrogens with zero attached hydrogens (tertiary/aromatic N) is 1. The van der Waals surface area contributed by atoms with Gasteiger partial charge in [-0.15, -0.1) is 12.6 Å². The van der Waals surface area contributed by atoms with Crippen LogP contribution < -0.4 is 0 Å². The number of thiol groups is 1. The summed E-state index contributed by atoms with van der Waals surface area (Å²) in [5.41, 5.74) is 2.70. The molecular weight excluding hydrogens is 321 g/mol. The highest BCUT2D eigenvalue weighted by Crippen LogP contribution is 2.39. The van der Waals surface area contributed by atoms with Crippen LogP contribution in [0.2, 0.25) is 5.15 Å². The van der Waals surface area contributed by atoms with Crippen molar-refractivity contribution >= 4 is 35.2 Å². The van der Waals surface area contributed by atoms with E-state index in [2.05, 4.69) is 31.5 Å². The van der Waals surface area contributed by atoms with Crippen molar-refractivity contribution in [2.75, 3.05) is 0 Å². The summed E-state index contributed by atoms with van der Waals surface area (Å²) >= 11 is 10.3. The highest BCUT2D eigenvalue weighted by atomic mass is 35.5. The standard InChI is InChI=1S/C17H15ClFNOS/c1-9(2)7-10-8-21-16-11(10)3-4-13(22)14(16)12-5-6-20-17(18)15(12)19/h3-6,8-9,22H,7H2,1-2H3. The third-order valence-electron chi connectivity index (χ3n) is 3.54. The van der Waals surface area contributed by atoms with E-state index in [1.54, 1.807) is 12.3 Å². The zero-order chi connectivity index (χ0) is 15.9. The molecule has 0 N–H and O–H groups in total. The van der Waals surface area contributed by atoms with Crippen LogP contribution in [0.3, 0.4) is 0 Å². The molecule has 3 rings (SSSR count). The minimum absolute atomic E-state index is 0.156. The molecule has 2 aromatic heterocycles. The molecule has 2 nitrogen and oxygen atoms in total. The maximum Gasteiger partial charge on any atom is 0.168 e. The Labute approximate surface area is 138 Å². The molecule has 0 aliphatic rings. The average Bonchev–Trinajstić information content (AvgIpc) is 2.85. The SMILES string of the molecule is CC(C)Cc1coc2c(-c3ccnc(Cl)c3F)c(S)ccc12. The van der Waals surface area contributed by atoms with Gasteiger partial charge < -0.3 is 4.42 Å². The molecule has 114 valence electrons. The van der Waals surface area contributed by atoms with Crippen molar-refractivity contribution in [3.8, 4) is 11.1 Å². The Kier molecular flexibility index (Phi) is 4.15. The summed E-state index contributed by atoms with van der Waals surface area (Å²) in [6.07, 6.45) is 4.12. The average molecular weight is 336 g/mol. The first-order valence-electron chi connectivity index (χ1n) is 7.01. The van der Waals surface area contributed by atoms with Crippen molar-refractivity contribution in [1.29, 1.82) is 0 Å². The Bertz CT molecular complexity index is 844. The van der Waals surface area contributed by atoms with Gasteiger partial charge in [-0.1, -0.05) is 25.4 Å². The van der Waals surface area contributed by atoms with Crippen LogP contribution in [0.4, 0.5) is 4.39 Å². The molecule has 0 fully saturated rings. The van der Waals surface area contributed by atoms with E-state index in [1.807, 2.05) is 12.1 Å². The summed E-state index contributed by atoms with van der Waals surface area (Å²) in [6.45, 7) is 4.30. The molecule has 22 heavy (non-hydrogen) atoms. The van der Waals surface area contributed by atoms with Crippen molar-refractivity contribution in [1.82, 2.24) is 4.98 Å². The molecule has 1 aromatic carbocycles. The molecule has 0 bridgehead atoms. The van der Waals surface area contributed by atoms with E-state index >= 15 is 0 Å². The van der Waals surface area contributed by atoms with E-state index in [0.29, 0.717) is 27.5 Å². The fraction of sp³-hybridized carbons (Fsp3) is 0.235. The molecule has 2 heterocycles. The van der Waals surface area contributed by atoms with Gasteiger partial charge in [0.1, 0.15) is 5.58 Å². The van der Waals surface area contributed by atoms with E-state index in [9.17, 15) is 4.39 Å². The molecule has 0 aliphatic carbocycles. The second-order valence-corrected chi connectivity index (χ2v) is 6.50. The van der Waals surface area contributed by atoms with Gasteiger partial charge in [0.15, 0.2) is 11.0 Å². The lowest BCUT2D eigenvalue weighted by Gasteiger charge is -2.09. The third kappa shape index (κ3) is 2.61. The van der Waals surface area contributed by atoms with Gasteiger partial charge in [0.2, 0.25) is 0 Å². The summed E-state index contributed by atoms with van der Waals surface area (Å²) < 4.78 is 20.1. The van der Waals surface area contributed by atoms with Gasteiger partial charge >= 0.3 is 0 Å². The van der Waals surface area contributed by atoms with Gasteiger partial charge in [-0.25, -0.2) is 9.37 Å². The normalized spacial score (nSPS) is 11.5. The Morgan fingerprint density at radius 3 is 2.82 bits per heavy atom. The Balaban J connectivity index is 2.27. The fourth-order valence-electron chi connectivity index (χ4n) is 2.61. The summed E-state index contributed by atoms with van der Waals surface area (Å²) in [6, 6.07) is 5.40. The molecule has 0 aliphatic heterocycles. The maximum absolute atomic E-state index is 14.3. The largest absolute Gasteiger partial charge is 0.463 e. The lowest BCUT2D eigenvalue weighted by Crippen LogP contribution is -1.93. The molecular formula is C17H15ClFNOS. The van der Waals surface area contributed by atoms with Crippen LogP contribution >= 0.6 is 24.2 Å². The first kappa shape index (κ1) is 15.4. The van der Waals surface area contributed by atoms with E-state index in [4.69, 9.17) is 16.0 Å². The summed E-state index contributed by atoms with van der Waals surface area (Å²) in [5, 5.41) is 0.824. The zero-order valence-corrected chi connectivity index (χ0v) is 13.9. The van der Waals surface area contributed by atoms with E-state index in [-0.39, 0.29) is 5.15 Å². The van der Waals surface area contributed by atoms with Gasteiger partial charge in [-0.05, 0) is 36.1 Å². The molecule has 0 saturated heterocycles. The minimum Gasteiger partial charge on any atom is -0.463 e. The van der Waals surface area contributed by atoms with Gasteiger partial charge in [-0.2, -0.15) is 0 Å². The summed E-state index contributed by atoms with van der Waals surface area (Å²) in [5.74, 6) is -0.0548. The Hall–Kier alpha value is -1.52. The van der Waals surface area contributed by atoms with Crippen LogP contribution in [0.5, 0.6) is 0 Å². The second-order valence-electron chi connectivity index (χ2n) is 5.66. The van der Waals surface area contributed by atoms with Gasteiger partial charge in [-0.3, -0.25) is 0 Å². The predicted molar refractivity (Wildman–Crippen MR) is 90.2 cm³/mol. The number of aromatic nitrogens is 1. The minimum atomic E-state index is -0.561. The third-order valence-corrected chi connectivity index (χ3v) is 4.18. The number of hydrogen-bond donors (Lipinski definition) is 1. The van der Waals surface area contributed by atoms with E-state index in [1.165, 1.54) is 6.20 Å². The van der Waals surface area contributed by atoms with Crippen LogP contribution in [0.1, 0.15) is 19.4 Å². The number of hydrogen-bond acceptors (Lipinski definition) is 3. The summed E-state index contributed by atoms with van der Waals surface area (Å²) in [7, 11) is 0. The first-order chi connectivity index (χ1) is 10.5. The van der Waals surface area contributed by atoms with Crippen molar-refractivity contribution < 1.29 is 8.81 Å². The van der Waals surface area contributed by atoms with Crippen LogP contribution in [-0.4, -0.2) is 4.98 Å². The summed E-state index contributed by atoms with van der Waals surface area (Å²) in [4.78, 5) is 4.39. The second kappa shape index (κ2) is 5.94. The number of rotatable bonds is 3. The molecule has 0 amide bonds. The van der Waals surface area contributed by atoms with Crippen molar-refractivity contribution in [3.05, 3.63) is 47.2 Å². The maximum atomic E-state index is 14.3. The highest BCUT2D eigenvalue weighted by molar-refractivity contribution is 7.80. The van der Waals surface area contributed by atoms with Crippen LogP contribution in [0.25, 0.3) is 22.1 Å². The molecule has 0 unspecified atom stereocenters. The first-order valence-corrected chi connectivity index (χ1v) is 7.84. The molecule has 0 radical (unpaired) electrons. The van der Waals surface area contributed by atoms with E-state index < -0.39 is 5.82 Å². The van der Waals surface area contributed by atoms with Crippen molar-refractivity contribution in [3.63, 3.8) is 0 Å². The molecule has 0 spiro atoms. The van der Waals surface area contributed by atoms with Crippen LogP contribution in [0.15, 0.2) is 40.0 Å². The predicted octanol–water partition coefficient (Wildman–Crippen LogP) is 5.77. The quantitative estimate of drug-likeness (QED) is 0.485.